The van der Waals surface area contributed by atoms with Crippen LogP contribution < -0.4 is 5.73 Å². The van der Waals surface area contributed by atoms with E-state index in [-0.39, 0.29) is 0 Å². The zero-order chi connectivity index (χ0) is 10.3. The fraction of sp³-hybridized carbons (Fsp3) is 0.727. The Kier molecular flexibility index (Phi) is 2.05. The minimum absolute atomic E-state index is 0.292. The van der Waals surface area contributed by atoms with E-state index in [4.69, 9.17) is 10.3 Å². The van der Waals surface area contributed by atoms with Gasteiger partial charge in [-0.2, -0.15) is 0 Å². The summed E-state index contributed by atoms with van der Waals surface area (Å²) in [6.07, 6.45) is 3.60. The number of hydrogen-bond donors (Lipinski definition) is 1. The first-order chi connectivity index (χ1) is 6.60. The largest absolute Gasteiger partial charge is 0.367 e. The summed E-state index contributed by atoms with van der Waals surface area (Å²) >= 11 is 0. The minimum Gasteiger partial charge on any atom is -0.367 e. The molecule has 1 aliphatic carbocycles. The number of hydrogen-bond acceptors (Lipinski definition) is 3. The van der Waals surface area contributed by atoms with Gasteiger partial charge in [0, 0.05) is 11.0 Å². The number of anilines is 1. The third kappa shape index (κ3) is 1.22. The Hall–Kier alpha value is -0.990. The number of nitrogen functional groups attached to an aromatic ring is 1. The van der Waals surface area contributed by atoms with Crippen molar-refractivity contribution in [3.8, 4) is 0 Å². The van der Waals surface area contributed by atoms with Crippen LogP contribution in [0.2, 0.25) is 0 Å². The van der Waals surface area contributed by atoms with Gasteiger partial charge in [0.2, 0.25) is 5.88 Å². The highest BCUT2D eigenvalue weighted by molar-refractivity contribution is 5.46. The fourth-order valence-corrected chi connectivity index (χ4v) is 2.16. The maximum Gasteiger partial charge on any atom is 0.225 e. The second-order valence-electron chi connectivity index (χ2n) is 4.60. The van der Waals surface area contributed by atoms with Crippen molar-refractivity contribution in [2.45, 2.75) is 51.4 Å². The van der Waals surface area contributed by atoms with Gasteiger partial charge in [-0.15, -0.1) is 0 Å². The van der Waals surface area contributed by atoms with Gasteiger partial charge in [0.05, 0.1) is 5.69 Å². The van der Waals surface area contributed by atoms with Crippen LogP contribution in [-0.4, -0.2) is 5.16 Å². The van der Waals surface area contributed by atoms with E-state index >= 15 is 0 Å². The molecule has 0 spiro atoms. The molecule has 1 fully saturated rings. The molecule has 1 aromatic heterocycles. The van der Waals surface area contributed by atoms with Crippen molar-refractivity contribution in [1.82, 2.24) is 5.16 Å². The SMILES string of the molecule is CCC1(c2noc(N)c2C(C)C)CC1. The molecule has 0 atom stereocenters. The number of nitrogens with two attached hydrogens (primary N) is 1. The number of nitrogens with zero attached hydrogens (tertiary/aromatic N) is 1. The molecule has 0 amide bonds. The van der Waals surface area contributed by atoms with Gasteiger partial charge >= 0.3 is 0 Å². The van der Waals surface area contributed by atoms with Crippen molar-refractivity contribution in [2.24, 2.45) is 0 Å². The van der Waals surface area contributed by atoms with E-state index in [1.165, 1.54) is 12.8 Å². The van der Waals surface area contributed by atoms with Crippen molar-refractivity contribution >= 4 is 5.88 Å². The van der Waals surface area contributed by atoms with Crippen molar-refractivity contribution in [3.63, 3.8) is 0 Å². The summed E-state index contributed by atoms with van der Waals surface area (Å²) in [5.41, 5.74) is 8.33. The van der Waals surface area contributed by atoms with E-state index in [1.54, 1.807) is 0 Å². The molecule has 3 nitrogen and oxygen atoms in total. The lowest BCUT2D eigenvalue weighted by Gasteiger charge is -2.12. The first kappa shape index (κ1) is 9.56. The first-order valence-electron chi connectivity index (χ1n) is 5.36. The molecule has 0 aliphatic heterocycles. The topological polar surface area (TPSA) is 52.0 Å². The highest BCUT2D eigenvalue weighted by Crippen LogP contribution is 2.53. The van der Waals surface area contributed by atoms with Crippen LogP contribution in [0.4, 0.5) is 5.88 Å². The van der Waals surface area contributed by atoms with Crippen LogP contribution in [0.15, 0.2) is 4.52 Å². The van der Waals surface area contributed by atoms with Crippen LogP contribution in [0, 0.1) is 0 Å². The molecule has 3 heteroatoms. The third-order valence-corrected chi connectivity index (χ3v) is 3.37. The van der Waals surface area contributed by atoms with Crippen LogP contribution >= 0.6 is 0 Å². The van der Waals surface area contributed by atoms with Crippen LogP contribution in [0.5, 0.6) is 0 Å². The van der Waals surface area contributed by atoms with Gasteiger partial charge in [-0.3, -0.25) is 0 Å². The Morgan fingerprint density at radius 3 is 2.57 bits per heavy atom. The average Bonchev–Trinajstić information content (AvgIpc) is 2.84. The van der Waals surface area contributed by atoms with Crippen molar-refractivity contribution in [1.29, 1.82) is 0 Å². The average molecular weight is 194 g/mol. The molecular weight excluding hydrogens is 176 g/mol. The van der Waals surface area contributed by atoms with Gasteiger partial charge in [-0.05, 0) is 25.2 Å². The van der Waals surface area contributed by atoms with Crippen LogP contribution in [-0.2, 0) is 5.41 Å². The summed E-state index contributed by atoms with van der Waals surface area (Å²) in [7, 11) is 0. The van der Waals surface area contributed by atoms with Crippen LogP contribution in [0.3, 0.4) is 0 Å². The van der Waals surface area contributed by atoms with E-state index in [0.29, 0.717) is 17.2 Å². The number of rotatable bonds is 3. The van der Waals surface area contributed by atoms with Crippen LogP contribution in [0.25, 0.3) is 0 Å². The molecule has 78 valence electrons. The van der Waals surface area contributed by atoms with E-state index in [9.17, 15) is 0 Å². The van der Waals surface area contributed by atoms with Crippen molar-refractivity contribution < 1.29 is 4.52 Å². The van der Waals surface area contributed by atoms with Crippen molar-refractivity contribution in [2.75, 3.05) is 5.73 Å². The molecule has 1 heterocycles. The summed E-state index contributed by atoms with van der Waals surface area (Å²) in [5, 5.41) is 4.14. The summed E-state index contributed by atoms with van der Waals surface area (Å²) in [6, 6.07) is 0. The smallest absolute Gasteiger partial charge is 0.225 e. The molecule has 1 aromatic rings. The zero-order valence-corrected chi connectivity index (χ0v) is 9.13. The summed E-state index contributed by atoms with van der Waals surface area (Å²) in [4.78, 5) is 0. The lowest BCUT2D eigenvalue weighted by atomic mass is 9.91. The predicted molar refractivity (Wildman–Crippen MR) is 56.2 cm³/mol. The van der Waals surface area contributed by atoms with E-state index < -0.39 is 0 Å². The fourth-order valence-electron chi connectivity index (χ4n) is 2.16. The molecule has 1 saturated carbocycles. The molecule has 0 aromatic carbocycles. The number of aromatic nitrogens is 1. The van der Waals surface area contributed by atoms with Gasteiger partial charge in [-0.25, -0.2) is 0 Å². The molecular formula is C11H18N2O. The molecule has 0 unspecified atom stereocenters. The highest BCUT2D eigenvalue weighted by Gasteiger charge is 2.47. The normalized spacial score (nSPS) is 18.9. The Morgan fingerprint density at radius 2 is 2.14 bits per heavy atom. The lowest BCUT2D eigenvalue weighted by molar-refractivity contribution is 0.415. The Morgan fingerprint density at radius 1 is 1.50 bits per heavy atom. The second kappa shape index (κ2) is 3.01. The molecule has 0 radical (unpaired) electrons. The van der Waals surface area contributed by atoms with E-state index in [0.717, 1.165) is 17.7 Å². The zero-order valence-electron chi connectivity index (χ0n) is 9.13. The van der Waals surface area contributed by atoms with Gasteiger partial charge in [0.25, 0.3) is 0 Å². The molecule has 1 aliphatic rings. The monoisotopic (exact) mass is 194 g/mol. The summed E-state index contributed by atoms with van der Waals surface area (Å²) in [6.45, 7) is 6.48. The third-order valence-electron chi connectivity index (χ3n) is 3.37. The maximum atomic E-state index is 5.79. The van der Waals surface area contributed by atoms with Gasteiger partial charge in [0.1, 0.15) is 0 Å². The second-order valence-corrected chi connectivity index (χ2v) is 4.60. The van der Waals surface area contributed by atoms with E-state index in [1.807, 2.05) is 0 Å². The minimum atomic E-state index is 0.292. The lowest BCUT2D eigenvalue weighted by Crippen LogP contribution is -2.09. The molecule has 2 rings (SSSR count). The first-order valence-corrected chi connectivity index (χ1v) is 5.36. The summed E-state index contributed by atoms with van der Waals surface area (Å²) < 4.78 is 5.11. The Balaban J connectivity index is 2.43. The molecule has 0 bridgehead atoms. The Bertz CT molecular complexity index is 337. The standard InChI is InChI=1S/C11H18N2O/c1-4-11(5-6-11)9-8(7(2)3)10(12)14-13-9/h7H,4-6,12H2,1-3H3. The Labute approximate surface area is 84.7 Å². The molecule has 14 heavy (non-hydrogen) atoms. The van der Waals surface area contributed by atoms with Gasteiger partial charge < -0.3 is 10.3 Å². The quantitative estimate of drug-likeness (QED) is 0.805. The molecule has 2 N–H and O–H groups in total. The molecule has 0 saturated heterocycles. The highest BCUT2D eigenvalue weighted by atomic mass is 16.5. The van der Waals surface area contributed by atoms with Crippen molar-refractivity contribution in [3.05, 3.63) is 11.3 Å². The van der Waals surface area contributed by atoms with E-state index in [2.05, 4.69) is 25.9 Å². The predicted octanol–water partition coefficient (Wildman–Crippen LogP) is 2.82. The van der Waals surface area contributed by atoms with Gasteiger partial charge in [0.15, 0.2) is 0 Å². The summed E-state index contributed by atoms with van der Waals surface area (Å²) in [5.74, 6) is 0.912. The van der Waals surface area contributed by atoms with Gasteiger partial charge in [-0.1, -0.05) is 25.9 Å². The van der Waals surface area contributed by atoms with Crippen LogP contribution in [0.1, 0.15) is 57.2 Å². The maximum absolute atomic E-state index is 5.79.